The molecular weight excluding hydrogens is 355 g/mol. The molecule has 0 N–H and O–H groups in total. The Hall–Kier alpha value is -2.67. The Balaban J connectivity index is 1.86. The molecule has 0 atom stereocenters. The fourth-order valence-corrected chi connectivity index (χ4v) is 4.36. The van der Waals surface area contributed by atoms with Gasteiger partial charge in [-0.3, -0.25) is 0 Å². The van der Waals surface area contributed by atoms with Crippen molar-refractivity contribution in [1.29, 1.82) is 0 Å². The lowest BCUT2D eigenvalue weighted by Crippen LogP contribution is -2.19. The minimum absolute atomic E-state index is 0.0927. The largest absolute Gasteiger partial charge is 0.419 e. The van der Waals surface area contributed by atoms with E-state index in [2.05, 4.69) is 4.98 Å². The van der Waals surface area contributed by atoms with Gasteiger partial charge < -0.3 is 9.32 Å². The molecule has 0 saturated carbocycles. The van der Waals surface area contributed by atoms with E-state index in [1.165, 1.54) is 36.4 Å². The van der Waals surface area contributed by atoms with Gasteiger partial charge in [0.15, 0.2) is 0 Å². The van der Waals surface area contributed by atoms with Crippen LogP contribution in [0.2, 0.25) is 0 Å². The number of anilines is 1. The lowest BCUT2D eigenvalue weighted by molar-refractivity contribution is 0.556. The van der Waals surface area contributed by atoms with Crippen molar-refractivity contribution in [2.75, 3.05) is 18.0 Å². The van der Waals surface area contributed by atoms with Gasteiger partial charge in [-0.15, -0.1) is 0 Å². The molecule has 1 aliphatic rings. The third kappa shape index (κ3) is 2.99. The molecule has 0 amide bonds. The van der Waals surface area contributed by atoms with Gasteiger partial charge in [0.25, 0.3) is 0 Å². The average Bonchev–Trinajstić information content (AvgIpc) is 3.33. The summed E-state index contributed by atoms with van der Waals surface area (Å²) < 4.78 is 45.2. The van der Waals surface area contributed by atoms with Crippen molar-refractivity contribution in [3.05, 3.63) is 60.4 Å². The first-order valence-electron chi connectivity index (χ1n) is 8.37. The highest BCUT2D eigenvalue weighted by Crippen LogP contribution is 2.36. The number of benzene rings is 2. The monoisotopic (exact) mass is 372 g/mol. The molecule has 2 aromatic carbocycles. The average molecular weight is 372 g/mol. The second kappa shape index (κ2) is 6.57. The fraction of sp³-hybridized carbons (Fsp3) is 0.211. The van der Waals surface area contributed by atoms with Crippen molar-refractivity contribution in [3.8, 4) is 11.5 Å². The van der Waals surface area contributed by atoms with E-state index in [0.717, 1.165) is 25.9 Å². The Labute approximate surface area is 151 Å². The van der Waals surface area contributed by atoms with E-state index < -0.39 is 9.84 Å². The zero-order chi connectivity index (χ0) is 18.1. The predicted octanol–water partition coefficient (Wildman–Crippen LogP) is 3.91. The van der Waals surface area contributed by atoms with Crippen molar-refractivity contribution < 1.29 is 17.2 Å². The number of hydrogen-bond acceptors (Lipinski definition) is 5. The number of oxazole rings is 1. The topological polar surface area (TPSA) is 63.4 Å². The van der Waals surface area contributed by atoms with E-state index in [9.17, 15) is 12.8 Å². The van der Waals surface area contributed by atoms with Crippen LogP contribution in [0.4, 0.5) is 10.3 Å². The summed E-state index contributed by atoms with van der Waals surface area (Å²) >= 11 is 0. The quantitative estimate of drug-likeness (QED) is 0.695. The molecule has 0 spiro atoms. The fourth-order valence-electron chi connectivity index (χ4n) is 3.02. The Morgan fingerprint density at radius 1 is 0.962 bits per heavy atom. The van der Waals surface area contributed by atoms with Crippen LogP contribution in [0.5, 0.6) is 0 Å². The Kier molecular flexibility index (Phi) is 4.24. The molecule has 1 aliphatic heterocycles. The minimum atomic E-state index is -3.82. The zero-order valence-corrected chi connectivity index (χ0v) is 14.7. The van der Waals surface area contributed by atoms with Crippen LogP contribution in [-0.4, -0.2) is 26.5 Å². The van der Waals surface area contributed by atoms with E-state index in [4.69, 9.17) is 4.42 Å². The third-order valence-corrected chi connectivity index (χ3v) is 6.04. The number of halogens is 1. The molecule has 1 fully saturated rings. The first-order valence-corrected chi connectivity index (χ1v) is 9.86. The smallest absolute Gasteiger partial charge is 0.236 e. The van der Waals surface area contributed by atoms with Crippen LogP contribution in [0.15, 0.2) is 68.9 Å². The number of aromatic nitrogens is 1. The summed E-state index contributed by atoms with van der Waals surface area (Å²) in [6.07, 6.45) is 1.94. The highest BCUT2D eigenvalue weighted by Gasteiger charge is 2.32. The molecule has 0 unspecified atom stereocenters. The predicted molar refractivity (Wildman–Crippen MR) is 95.2 cm³/mol. The summed E-state index contributed by atoms with van der Waals surface area (Å²) in [4.78, 5) is 6.35. The van der Waals surface area contributed by atoms with Gasteiger partial charge in [0.05, 0.1) is 4.90 Å². The lowest BCUT2D eigenvalue weighted by Gasteiger charge is -2.14. The van der Waals surface area contributed by atoms with Crippen LogP contribution in [0.1, 0.15) is 12.8 Å². The molecule has 1 aromatic heterocycles. The maximum absolute atomic E-state index is 13.2. The molecule has 7 heteroatoms. The van der Waals surface area contributed by atoms with Crippen LogP contribution in [0.25, 0.3) is 11.5 Å². The summed E-state index contributed by atoms with van der Waals surface area (Å²) in [5, 5.41) is -0.0927. The van der Waals surface area contributed by atoms with E-state index >= 15 is 0 Å². The molecule has 0 aliphatic carbocycles. The summed E-state index contributed by atoms with van der Waals surface area (Å²) in [6, 6.07) is 13.8. The van der Waals surface area contributed by atoms with E-state index in [1.54, 1.807) is 18.2 Å². The van der Waals surface area contributed by atoms with Gasteiger partial charge >= 0.3 is 0 Å². The van der Waals surface area contributed by atoms with Crippen LogP contribution in [0, 0.1) is 5.82 Å². The molecular formula is C19H17FN2O3S. The van der Waals surface area contributed by atoms with Gasteiger partial charge in [0, 0.05) is 18.7 Å². The number of nitrogens with zero attached hydrogens (tertiary/aromatic N) is 2. The summed E-state index contributed by atoms with van der Waals surface area (Å²) in [5.74, 6) is 0.0456. The molecule has 0 bridgehead atoms. The highest BCUT2D eigenvalue weighted by atomic mass is 32.2. The minimum Gasteiger partial charge on any atom is -0.419 e. The molecule has 26 heavy (non-hydrogen) atoms. The van der Waals surface area contributed by atoms with Gasteiger partial charge in [0.2, 0.25) is 26.6 Å². The molecule has 1 saturated heterocycles. The first kappa shape index (κ1) is 16.8. The zero-order valence-electron chi connectivity index (χ0n) is 13.9. The van der Waals surface area contributed by atoms with Gasteiger partial charge in [-0.25, -0.2) is 12.8 Å². The first-order chi connectivity index (χ1) is 12.6. The van der Waals surface area contributed by atoms with Gasteiger partial charge in [0.1, 0.15) is 5.82 Å². The van der Waals surface area contributed by atoms with Crippen molar-refractivity contribution in [1.82, 2.24) is 4.98 Å². The Morgan fingerprint density at radius 3 is 2.27 bits per heavy atom. The van der Waals surface area contributed by atoms with Gasteiger partial charge in [-0.2, -0.15) is 4.98 Å². The molecule has 2 heterocycles. The molecule has 4 rings (SSSR count). The Bertz CT molecular complexity index is 1010. The standard InChI is InChI=1S/C19H17FN2O3S/c20-15-10-8-14(9-11-15)17-21-18(19(25-17)22-12-4-5-13-22)26(23,24)16-6-2-1-3-7-16/h1-3,6-11H,4-5,12-13H2. The van der Waals surface area contributed by atoms with E-state index in [1.807, 2.05) is 4.90 Å². The van der Waals surface area contributed by atoms with Gasteiger partial charge in [-0.1, -0.05) is 18.2 Å². The lowest BCUT2D eigenvalue weighted by atomic mass is 10.2. The molecule has 3 aromatic rings. The SMILES string of the molecule is O=S(=O)(c1ccccc1)c1nc(-c2ccc(F)cc2)oc1N1CCCC1. The van der Waals surface area contributed by atoms with Crippen LogP contribution in [0.3, 0.4) is 0 Å². The normalized spacial score (nSPS) is 14.7. The Morgan fingerprint density at radius 2 is 1.62 bits per heavy atom. The van der Waals surface area contributed by atoms with E-state index in [-0.39, 0.29) is 27.5 Å². The number of sulfone groups is 1. The summed E-state index contributed by atoms with van der Waals surface area (Å²) in [5.41, 5.74) is 0.529. The van der Waals surface area contributed by atoms with Crippen LogP contribution in [-0.2, 0) is 9.84 Å². The van der Waals surface area contributed by atoms with Crippen molar-refractivity contribution in [2.24, 2.45) is 0 Å². The van der Waals surface area contributed by atoms with Crippen LogP contribution < -0.4 is 4.90 Å². The van der Waals surface area contributed by atoms with Crippen molar-refractivity contribution in [2.45, 2.75) is 22.8 Å². The van der Waals surface area contributed by atoms with Crippen molar-refractivity contribution >= 4 is 15.7 Å². The highest BCUT2D eigenvalue weighted by molar-refractivity contribution is 7.91. The van der Waals surface area contributed by atoms with Crippen LogP contribution >= 0.6 is 0 Å². The number of hydrogen-bond donors (Lipinski definition) is 0. The number of rotatable bonds is 4. The molecule has 5 nitrogen and oxygen atoms in total. The third-order valence-electron chi connectivity index (χ3n) is 4.37. The summed E-state index contributed by atoms with van der Waals surface area (Å²) in [6.45, 7) is 1.44. The van der Waals surface area contributed by atoms with Crippen molar-refractivity contribution in [3.63, 3.8) is 0 Å². The second-order valence-electron chi connectivity index (χ2n) is 6.15. The van der Waals surface area contributed by atoms with E-state index in [0.29, 0.717) is 5.56 Å². The maximum Gasteiger partial charge on any atom is 0.236 e. The summed E-state index contributed by atoms with van der Waals surface area (Å²) in [7, 11) is -3.82. The molecule has 134 valence electrons. The second-order valence-corrected chi connectivity index (χ2v) is 8.01. The molecule has 0 radical (unpaired) electrons. The maximum atomic E-state index is 13.2. The van der Waals surface area contributed by atoms with Gasteiger partial charge in [-0.05, 0) is 49.2 Å².